The van der Waals surface area contributed by atoms with E-state index in [2.05, 4.69) is 26.0 Å². The van der Waals surface area contributed by atoms with Crippen molar-refractivity contribution in [3.63, 3.8) is 0 Å². The molecule has 12 heteroatoms. The predicted molar refractivity (Wildman–Crippen MR) is 112 cm³/mol. The molecule has 2 N–H and O–H groups in total. The minimum Gasteiger partial charge on any atom is -0.296 e. The summed E-state index contributed by atoms with van der Waals surface area (Å²) in [5.74, 6) is -0.954. The first-order valence-electron chi connectivity index (χ1n) is 8.37. The summed E-state index contributed by atoms with van der Waals surface area (Å²) in [6.45, 7) is 0. The van der Waals surface area contributed by atoms with Gasteiger partial charge in [-0.15, -0.1) is 10.2 Å². The van der Waals surface area contributed by atoms with E-state index in [9.17, 15) is 19.7 Å². The first-order chi connectivity index (χ1) is 14.4. The number of nitro groups is 1. The van der Waals surface area contributed by atoms with Crippen molar-refractivity contribution >= 4 is 51.8 Å². The third-order valence-corrected chi connectivity index (χ3v) is 4.75. The van der Waals surface area contributed by atoms with Crippen molar-refractivity contribution in [1.29, 1.82) is 0 Å². The van der Waals surface area contributed by atoms with Crippen molar-refractivity contribution in [2.75, 3.05) is 5.32 Å². The van der Waals surface area contributed by atoms with Crippen LogP contribution in [0.25, 0.3) is 0 Å². The first-order valence-corrected chi connectivity index (χ1v) is 9.56. The number of anilines is 1. The molecule has 3 rings (SSSR count). The van der Waals surface area contributed by atoms with Crippen LogP contribution in [0.2, 0.25) is 5.02 Å². The van der Waals surface area contributed by atoms with E-state index in [1.807, 2.05) is 30.3 Å². The highest BCUT2D eigenvalue weighted by Crippen LogP contribution is 2.25. The van der Waals surface area contributed by atoms with Gasteiger partial charge in [-0.25, -0.2) is 5.43 Å². The number of amides is 2. The van der Waals surface area contributed by atoms with Gasteiger partial charge in [-0.1, -0.05) is 53.3 Å². The lowest BCUT2D eigenvalue weighted by molar-refractivity contribution is -0.384. The van der Waals surface area contributed by atoms with Crippen LogP contribution in [0.15, 0.2) is 53.6 Å². The van der Waals surface area contributed by atoms with Gasteiger partial charge in [0.2, 0.25) is 11.0 Å². The van der Waals surface area contributed by atoms with Crippen molar-refractivity contribution in [3.8, 4) is 0 Å². The number of carbonyl (C=O) groups is 2. The summed E-state index contributed by atoms with van der Waals surface area (Å²) in [6, 6.07) is 12.9. The van der Waals surface area contributed by atoms with Crippen LogP contribution in [0, 0.1) is 10.1 Å². The number of hydrogen-bond acceptors (Lipinski definition) is 8. The van der Waals surface area contributed by atoms with Crippen LogP contribution in [-0.4, -0.2) is 33.1 Å². The van der Waals surface area contributed by atoms with Gasteiger partial charge in [0, 0.05) is 11.6 Å². The smallest absolute Gasteiger partial charge is 0.287 e. The zero-order valence-corrected chi connectivity index (χ0v) is 16.7. The lowest BCUT2D eigenvalue weighted by atomic mass is 10.2. The van der Waals surface area contributed by atoms with E-state index in [4.69, 9.17) is 11.6 Å². The second-order valence-electron chi connectivity index (χ2n) is 5.76. The molecule has 2 aromatic carbocycles. The minimum absolute atomic E-state index is 0.0664. The summed E-state index contributed by atoms with van der Waals surface area (Å²) in [5.41, 5.74) is 3.05. The standard InChI is InChI=1S/C18H13ClN6O4S/c19-13-8-12(6-7-14(13)25(28)29)17(27)21-18-24-23-16(30-18)9-15(26)22-20-10-11-4-2-1-3-5-11/h1-8,10H,9H2,(H,22,26)(H,21,24,27)/b20-10-. The molecule has 0 aliphatic carbocycles. The number of aromatic nitrogens is 2. The molecule has 0 bridgehead atoms. The van der Waals surface area contributed by atoms with Crippen molar-refractivity contribution in [2.45, 2.75) is 6.42 Å². The summed E-state index contributed by atoms with van der Waals surface area (Å²) in [7, 11) is 0. The van der Waals surface area contributed by atoms with Gasteiger partial charge >= 0.3 is 0 Å². The molecule has 2 amide bonds. The van der Waals surface area contributed by atoms with Crippen LogP contribution in [0.1, 0.15) is 20.9 Å². The third-order valence-electron chi connectivity index (χ3n) is 3.61. The Bertz CT molecular complexity index is 1120. The van der Waals surface area contributed by atoms with Crippen LogP contribution >= 0.6 is 22.9 Å². The average Bonchev–Trinajstić information content (AvgIpc) is 3.15. The second-order valence-corrected chi connectivity index (χ2v) is 7.23. The van der Waals surface area contributed by atoms with E-state index in [1.54, 1.807) is 0 Å². The number of hydrazone groups is 1. The highest BCUT2D eigenvalue weighted by molar-refractivity contribution is 7.15. The van der Waals surface area contributed by atoms with E-state index < -0.39 is 16.7 Å². The molecular weight excluding hydrogens is 432 g/mol. The minimum atomic E-state index is -0.643. The van der Waals surface area contributed by atoms with Crippen LogP contribution < -0.4 is 10.7 Å². The summed E-state index contributed by atoms with van der Waals surface area (Å²) in [6.07, 6.45) is 1.45. The Morgan fingerprint density at radius 2 is 1.97 bits per heavy atom. The summed E-state index contributed by atoms with van der Waals surface area (Å²) in [5, 5.41) is 25.2. The van der Waals surface area contributed by atoms with Gasteiger partial charge in [-0.3, -0.25) is 25.0 Å². The number of halogens is 1. The maximum Gasteiger partial charge on any atom is 0.287 e. The molecule has 0 unspecified atom stereocenters. The van der Waals surface area contributed by atoms with Crippen molar-refractivity contribution < 1.29 is 14.5 Å². The Labute approximate surface area is 178 Å². The zero-order valence-electron chi connectivity index (χ0n) is 15.1. The molecule has 0 atom stereocenters. The van der Waals surface area contributed by atoms with Crippen LogP contribution in [-0.2, 0) is 11.2 Å². The van der Waals surface area contributed by atoms with E-state index in [0.717, 1.165) is 23.0 Å². The lowest BCUT2D eigenvalue weighted by Crippen LogP contribution is -2.19. The molecule has 0 saturated carbocycles. The van der Waals surface area contributed by atoms with Gasteiger partial charge in [0.25, 0.3) is 11.6 Å². The van der Waals surface area contributed by atoms with Gasteiger partial charge in [0.1, 0.15) is 10.0 Å². The summed E-state index contributed by atoms with van der Waals surface area (Å²) >= 11 is 6.83. The Kier molecular flexibility index (Phi) is 6.78. The molecule has 0 aliphatic rings. The molecule has 0 radical (unpaired) electrons. The molecule has 3 aromatic rings. The van der Waals surface area contributed by atoms with E-state index in [-0.39, 0.29) is 27.8 Å². The summed E-state index contributed by atoms with van der Waals surface area (Å²) in [4.78, 5) is 34.3. The quantitative estimate of drug-likeness (QED) is 0.326. The van der Waals surface area contributed by atoms with Crippen LogP contribution in [0.3, 0.4) is 0 Å². The number of nitrogens with one attached hydrogen (secondary N) is 2. The number of nitro benzene ring substituents is 1. The Morgan fingerprint density at radius 3 is 2.67 bits per heavy atom. The highest BCUT2D eigenvalue weighted by atomic mass is 35.5. The highest BCUT2D eigenvalue weighted by Gasteiger charge is 2.17. The monoisotopic (exact) mass is 444 g/mol. The fraction of sp³-hybridized carbons (Fsp3) is 0.0556. The molecule has 10 nitrogen and oxygen atoms in total. The molecule has 152 valence electrons. The molecule has 1 aromatic heterocycles. The normalized spacial score (nSPS) is 10.7. The molecule has 30 heavy (non-hydrogen) atoms. The van der Waals surface area contributed by atoms with Gasteiger partial charge in [-0.05, 0) is 17.7 Å². The molecule has 0 fully saturated rings. The zero-order chi connectivity index (χ0) is 21.5. The Balaban J connectivity index is 1.55. The Hall–Kier alpha value is -3.70. The van der Waals surface area contributed by atoms with Gasteiger partial charge in [0.05, 0.1) is 17.6 Å². The molecule has 0 saturated heterocycles. The number of rotatable bonds is 7. The van der Waals surface area contributed by atoms with Crippen molar-refractivity contribution in [2.24, 2.45) is 5.10 Å². The SMILES string of the molecule is O=C(Cc1nnc(NC(=O)c2ccc([N+](=O)[O-])c(Cl)c2)s1)N/N=C\c1ccccc1. The van der Waals surface area contributed by atoms with Gasteiger partial charge in [-0.2, -0.15) is 5.10 Å². The van der Waals surface area contributed by atoms with Gasteiger partial charge < -0.3 is 0 Å². The number of benzene rings is 2. The lowest BCUT2D eigenvalue weighted by Gasteiger charge is -2.02. The average molecular weight is 445 g/mol. The molecular formula is C18H13ClN6O4S. The largest absolute Gasteiger partial charge is 0.296 e. The molecule has 0 spiro atoms. The van der Waals surface area contributed by atoms with Crippen molar-refractivity contribution in [1.82, 2.24) is 15.6 Å². The van der Waals surface area contributed by atoms with Crippen molar-refractivity contribution in [3.05, 3.63) is 79.8 Å². The maximum atomic E-state index is 12.3. The Morgan fingerprint density at radius 1 is 1.20 bits per heavy atom. The van der Waals surface area contributed by atoms with E-state index in [1.165, 1.54) is 18.3 Å². The summed E-state index contributed by atoms with van der Waals surface area (Å²) < 4.78 is 0. The number of nitrogens with zero attached hydrogens (tertiary/aromatic N) is 4. The topological polar surface area (TPSA) is 139 Å². The maximum absolute atomic E-state index is 12.3. The van der Waals surface area contributed by atoms with Gasteiger partial charge in [0.15, 0.2) is 0 Å². The molecule has 0 aliphatic heterocycles. The van der Waals surface area contributed by atoms with E-state index >= 15 is 0 Å². The number of hydrogen-bond donors (Lipinski definition) is 2. The fourth-order valence-electron chi connectivity index (χ4n) is 2.24. The molecule has 1 heterocycles. The second kappa shape index (κ2) is 9.67. The third kappa shape index (κ3) is 5.65. The van der Waals surface area contributed by atoms with Crippen LogP contribution in [0.4, 0.5) is 10.8 Å². The van der Waals surface area contributed by atoms with Crippen LogP contribution in [0.5, 0.6) is 0 Å². The van der Waals surface area contributed by atoms with E-state index in [0.29, 0.717) is 5.01 Å². The first kappa shape index (κ1) is 21.0. The number of carbonyl (C=O) groups excluding carboxylic acids is 2. The fourth-order valence-corrected chi connectivity index (χ4v) is 3.22. The predicted octanol–water partition coefficient (Wildman–Crippen LogP) is 3.04.